The van der Waals surface area contributed by atoms with Gasteiger partial charge in [-0.25, -0.2) is 0 Å². The Bertz CT molecular complexity index is 1090. The van der Waals surface area contributed by atoms with Crippen LogP contribution in [0, 0.1) is 0 Å². The molecule has 6 nitrogen and oxygen atoms in total. The quantitative estimate of drug-likeness (QED) is 0.683. The lowest BCUT2D eigenvalue weighted by atomic mass is 9.94. The van der Waals surface area contributed by atoms with E-state index in [1.165, 1.54) is 0 Å². The molecule has 0 unspecified atom stereocenters. The lowest BCUT2D eigenvalue weighted by molar-refractivity contribution is 0.00636. The lowest BCUT2D eigenvalue weighted by Gasteiger charge is -2.28. The second-order valence-corrected chi connectivity index (χ2v) is 8.53. The van der Waals surface area contributed by atoms with Crippen molar-refractivity contribution in [2.45, 2.75) is 51.0 Å². The van der Waals surface area contributed by atoms with Gasteiger partial charge in [0.1, 0.15) is 11.9 Å². The molecule has 0 saturated heterocycles. The van der Waals surface area contributed by atoms with E-state index in [9.17, 15) is 9.90 Å². The normalized spacial score (nSPS) is 20.7. The molecule has 0 bridgehead atoms. The number of aliphatic hydroxyl groups is 1. The molecule has 5 rings (SSSR count). The molecule has 2 heterocycles. The van der Waals surface area contributed by atoms with Crippen LogP contribution < -0.4 is 4.74 Å². The number of fused-ring (bicyclic) bond motifs is 1. The number of carbonyl (C=O) groups excluding carboxylic acids is 1. The van der Waals surface area contributed by atoms with E-state index in [2.05, 4.69) is 17.2 Å². The largest absolute Gasteiger partial charge is 0.487 e. The molecule has 6 heteroatoms. The maximum Gasteiger partial charge on any atom is 0.258 e. The molecular weight excluding hydrogens is 390 g/mol. The number of amides is 1. The van der Waals surface area contributed by atoms with Gasteiger partial charge in [-0.15, -0.1) is 0 Å². The van der Waals surface area contributed by atoms with Crippen LogP contribution in [0.1, 0.15) is 47.2 Å². The molecule has 1 saturated carbocycles. The molecule has 160 valence electrons. The van der Waals surface area contributed by atoms with E-state index in [0.717, 1.165) is 48.1 Å². The Morgan fingerprint density at radius 1 is 1.10 bits per heavy atom. The van der Waals surface area contributed by atoms with Crippen molar-refractivity contribution in [1.29, 1.82) is 0 Å². The number of hydrogen-bond donors (Lipinski definition) is 1. The number of aliphatic hydroxyl groups excluding tert-OH is 1. The Morgan fingerprint density at radius 3 is 2.65 bits per heavy atom. The summed E-state index contributed by atoms with van der Waals surface area (Å²) in [6.07, 6.45) is 4.89. The zero-order chi connectivity index (χ0) is 21.4. The van der Waals surface area contributed by atoms with Crippen LogP contribution in [0.25, 0.3) is 11.3 Å². The van der Waals surface area contributed by atoms with E-state index in [0.29, 0.717) is 24.4 Å². The van der Waals surface area contributed by atoms with Crippen LogP contribution in [0.5, 0.6) is 5.75 Å². The average molecular weight is 418 g/mol. The molecule has 1 aliphatic heterocycles. The molecule has 31 heavy (non-hydrogen) atoms. The van der Waals surface area contributed by atoms with Crippen LogP contribution in [0.15, 0.2) is 54.7 Å². The second-order valence-electron chi connectivity index (χ2n) is 8.53. The molecule has 1 N–H and O–H groups in total. The highest BCUT2D eigenvalue weighted by Crippen LogP contribution is 2.34. The number of nitrogens with zero attached hydrogens (tertiary/aromatic N) is 3. The summed E-state index contributed by atoms with van der Waals surface area (Å²) in [5.74, 6) is 0.589. The minimum absolute atomic E-state index is 0.00954. The monoisotopic (exact) mass is 417 g/mol. The average Bonchev–Trinajstić information content (AvgIpc) is 3.34. The summed E-state index contributed by atoms with van der Waals surface area (Å²) < 4.78 is 7.93. The van der Waals surface area contributed by atoms with Crippen LogP contribution in [-0.2, 0) is 20.1 Å². The van der Waals surface area contributed by atoms with Gasteiger partial charge in [-0.2, -0.15) is 5.10 Å². The topological polar surface area (TPSA) is 67.6 Å². The summed E-state index contributed by atoms with van der Waals surface area (Å²) in [7, 11) is 1.90. The van der Waals surface area contributed by atoms with E-state index >= 15 is 0 Å². The minimum atomic E-state index is -0.463. The highest BCUT2D eigenvalue weighted by molar-refractivity contribution is 6.01. The minimum Gasteiger partial charge on any atom is -0.487 e. The van der Waals surface area contributed by atoms with Gasteiger partial charge < -0.3 is 14.7 Å². The predicted molar refractivity (Wildman–Crippen MR) is 118 cm³/mol. The Labute approximate surface area is 182 Å². The molecule has 2 aromatic carbocycles. The zero-order valence-corrected chi connectivity index (χ0v) is 17.7. The standard InChI is InChI=1S/C25H27N3O3/c1-27-14-13-20(26-27)18-11-9-17(10-12-18)15-28-16-19-5-4-8-23(24(19)25(28)30)31-22-7-3-2-6-21(22)29/h4-5,8-14,21-22,29H,2-3,6-7,15-16H2,1H3/t21-,22-/m1/s1. The first-order chi connectivity index (χ1) is 15.1. The van der Waals surface area contributed by atoms with Crippen molar-refractivity contribution in [3.8, 4) is 17.0 Å². The highest BCUT2D eigenvalue weighted by Gasteiger charge is 2.33. The number of hydrogen-bond acceptors (Lipinski definition) is 4. The van der Waals surface area contributed by atoms with Crippen molar-refractivity contribution in [1.82, 2.24) is 14.7 Å². The van der Waals surface area contributed by atoms with Gasteiger partial charge in [-0.05, 0) is 42.5 Å². The summed E-state index contributed by atoms with van der Waals surface area (Å²) in [5.41, 5.74) is 4.70. The number of aromatic nitrogens is 2. The maximum atomic E-state index is 13.2. The van der Waals surface area contributed by atoms with E-state index in [4.69, 9.17) is 4.74 Å². The van der Waals surface area contributed by atoms with E-state index in [-0.39, 0.29) is 12.0 Å². The Morgan fingerprint density at radius 2 is 1.90 bits per heavy atom. The molecule has 1 aromatic heterocycles. The van der Waals surface area contributed by atoms with Gasteiger partial charge in [0.05, 0.1) is 17.4 Å². The van der Waals surface area contributed by atoms with Gasteiger partial charge in [0.2, 0.25) is 0 Å². The Balaban J connectivity index is 1.31. The molecular formula is C25H27N3O3. The molecule has 0 radical (unpaired) electrons. The van der Waals surface area contributed by atoms with Crippen molar-refractivity contribution in [3.05, 3.63) is 71.4 Å². The summed E-state index contributed by atoms with van der Waals surface area (Å²) in [6.45, 7) is 1.11. The third kappa shape index (κ3) is 3.95. The van der Waals surface area contributed by atoms with E-state index in [1.807, 2.05) is 54.5 Å². The number of ether oxygens (including phenoxy) is 1. The molecule has 0 spiro atoms. The fourth-order valence-electron chi connectivity index (χ4n) is 4.56. The Kier molecular flexibility index (Phi) is 5.24. The smallest absolute Gasteiger partial charge is 0.258 e. The van der Waals surface area contributed by atoms with Crippen molar-refractivity contribution in [3.63, 3.8) is 0 Å². The third-order valence-electron chi connectivity index (χ3n) is 6.26. The van der Waals surface area contributed by atoms with Crippen LogP contribution in [0.4, 0.5) is 0 Å². The first kappa shape index (κ1) is 19.8. The van der Waals surface area contributed by atoms with Crippen molar-refractivity contribution < 1.29 is 14.6 Å². The Hall–Kier alpha value is -3.12. The van der Waals surface area contributed by atoms with Crippen LogP contribution in [-0.4, -0.2) is 37.9 Å². The van der Waals surface area contributed by atoms with Crippen molar-refractivity contribution in [2.24, 2.45) is 7.05 Å². The number of aryl methyl sites for hydroxylation is 1. The lowest BCUT2D eigenvalue weighted by Crippen LogP contribution is -2.35. The van der Waals surface area contributed by atoms with Crippen LogP contribution >= 0.6 is 0 Å². The van der Waals surface area contributed by atoms with Crippen molar-refractivity contribution >= 4 is 5.91 Å². The van der Waals surface area contributed by atoms with Crippen LogP contribution in [0.3, 0.4) is 0 Å². The summed E-state index contributed by atoms with van der Waals surface area (Å²) >= 11 is 0. The molecule has 1 fully saturated rings. The second kappa shape index (κ2) is 8.19. The molecule has 2 atom stereocenters. The van der Waals surface area contributed by atoms with E-state index < -0.39 is 6.10 Å². The van der Waals surface area contributed by atoms with Gasteiger partial charge in [-0.1, -0.05) is 42.8 Å². The molecule has 1 aliphatic carbocycles. The number of rotatable bonds is 5. The fourth-order valence-corrected chi connectivity index (χ4v) is 4.56. The highest BCUT2D eigenvalue weighted by atomic mass is 16.5. The van der Waals surface area contributed by atoms with Gasteiger partial charge in [0.25, 0.3) is 5.91 Å². The van der Waals surface area contributed by atoms with Gasteiger partial charge >= 0.3 is 0 Å². The third-order valence-corrected chi connectivity index (χ3v) is 6.26. The molecule has 3 aromatic rings. The molecule has 2 aliphatic rings. The SMILES string of the molecule is Cn1ccc(-c2ccc(CN3Cc4cccc(O[C@@H]5CCCC[C@H]5O)c4C3=O)cc2)n1. The first-order valence-electron chi connectivity index (χ1n) is 10.9. The molecule has 1 amide bonds. The van der Waals surface area contributed by atoms with E-state index in [1.54, 1.807) is 4.68 Å². The van der Waals surface area contributed by atoms with Crippen LogP contribution in [0.2, 0.25) is 0 Å². The summed E-state index contributed by atoms with van der Waals surface area (Å²) in [5, 5.41) is 14.7. The zero-order valence-electron chi connectivity index (χ0n) is 17.7. The maximum absolute atomic E-state index is 13.2. The van der Waals surface area contributed by atoms with Gasteiger partial charge in [-0.3, -0.25) is 9.48 Å². The van der Waals surface area contributed by atoms with Gasteiger partial charge in [0, 0.05) is 31.9 Å². The number of carbonyl (C=O) groups is 1. The summed E-state index contributed by atoms with van der Waals surface area (Å²) in [4.78, 5) is 15.1. The number of benzene rings is 2. The predicted octanol–water partition coefficient (Wildman–Crippen LogP) is 3.93. The fraction of sp³-hybridized carbons (Fsp3) is 0.360. The first-order valence-corrected chi connectivity index (χ1v) is 10.9. The summed E-state index contributed by atoms with van der Waals surface area (Å²) in [6, 6.07) is 16.0. The van der Waals surface area contributed by atoms with Gasteiger partial charge in [0.15, 0.2) is 0 Å². The van der Waals surface area contributed by atoms with Crippen molar-refractivity contribution in [2.75, 3.05) is 0 Å².